The van der Waals surface area contributed by atoms with Gasteiger partial charge in [0.1, 0.15) is 0 Å². The van der Waals surface area contributed by atoms with Crippen molar-refractivity contribution >= 4 is 17.8 Å². The standard InChI is InChI=1S/C13H24N2O5/c1-4-20-13(18)6-5-8-14-11(16)10-15(2)9-7-12(17)19-3/h4-10H2,1-3H3,(H,14,16). The molecule has 20 heavy (non-hydrogen) atoms. The number of esters is 2. The number of ether oxygens (including phenoxy) is 2. The molecule has 116 valence electrons. The third kappa shape index (κ3) is 10.3. The molecule has 0 saturated carbocycles. The summed E-state index contributed by atoms with van der Waals surface area (Å²) in [7, 11) is 3.08. The van der Waals surface area contributed by atoms with Gasteiger partial charge in [0.25, 0.3) is 0 Å². The van der Waals surface area contributed by atoms with E-state index in [2.05, 4.69) is 10.1 Å². The van der Waals surface area contributed by atoms with Crippen molar-refractivity contribution in [2.75, 3.05) is 40.4 Å². The zero-order chi connectivity index (χ0) is 15.4. The summed E-state index contributed by atoms with van der Waals surface area (Å²) in [6.07, 6.45) is 1.10. The Morgan fingerprint density at radius 1 is 1.15 bits per heavy atom. The van der Waals surface area contributed by atoms with Crippen LogP contribution in [0.5, 0.6) is 0 Å². The SMILES string of the molecule is CCOC(=O)CCCNC(=O)CN(C)CCC(=O)OC. The molecule has 0 aromatic rings. The van der Waals surface area contributed by atoms with Crippen molar-refractivity contribution < 1.29 is 23.9 Å². The van der Waals surface area contributed by atoms with Crippen LogP contribution in [-0.2, 0) is 23.9 Å². The molecule has 1 amide bonds. The first kappa shape index (κ1) is 18.4. The summed E-state index contributed by atoms with van der Waals surface area (Å²) in [5, 5.41) is 2.71. The summed E-state index contributed by atoms with van der Waals surface area (Å²) in [6, 6.07) is 0. The van der Waals surface area contributed by atoms with E-state index in [1.807, 2.05) is 0 Å². The van der Waals surface area contributed by atoms with Crippen LogP contribution < -0.4 is 5.32 Å². The highest BCUT2D eigenvalue weighted by atomic mass is 16.5. The van der Waals surface area contributed by atoms with Crippen LogP contribution in [0, 0.1) is 0 Å². The third-order valence-electron chi connectivity index (χ3n) is 2.52. The van der Waals surface area contributed by atoms with Gasteiger partial charge in [-0.3, -0.25) is 19.3 Å². The van der Waals surface area contributed by atoms with Crippen LogP contribution in [0.2, 0.25) is 0 Å². The number of hydrogen-bond acceptors (Lipinski definition) is 6. The Hall–Kier alpha value is -1.63. The first-order valence-electron chi connectivity index (χ1n) is 6.67. The fourth-order valence-electron chi connectivity index (χ4n) is 1.46. The van der Waals surface area contributed by atoms with Gasteiger partial charge < -0.3 is 14.8 Å². The lowest BCUT2D eigenvalue weighted by Crippen LogP contribution is -2.36. The average molecular weight is 288 g/mol. The van der Waals surface area contributed by atoms with Crippen LogP contribution in [0.1, 0.15) is 26.2 Å². The van der Waals surface area contributed by atoms with Crippen molar-refractivity contribution in [1.82, 2.24) is 10.2 Å². The van der Waals surface area contributed by atoms with Gasteiger partial charge in [0.15, 0.2) is 0 Å². The molecular formula is C13H24N2O5. The van der Waals surface area contributed by atoms with E-state index in [4.69, 9.17) is 4.74 Å². The zero-order valence-electron chi connectivity index (χ0n) is 12.4. The van der Waals surface area contributed by atoms with Gasteiger partial charge in [-0.05, 0) is 20.4 Å². The fourth-order valence-corrected chi connectivity index (χ4v) is 1.46. The molecular weight excluding hydrogens is 264 g/mol. The number of nitrogens with one attached hydrogen (secondary N) is 1. The second-order valence-electron chi connectivity index (χ2n) is 4.32. The topological polar surface area (TPSA) is 84.9 Å². The smallest absolute Gasteiger partial charge is 0.306 e. The Kier molecular flexibility index (Phi) is 10.3. The molecule has 0 unspecified atom stereocenters. The van der Waals surface area contributed by atoms with Gasteiger partial charge in [-0.1, -0.05) is 0 Å². The Bertz CT molecular complexity index is 320. The van der Waals surface area contributed by atoms with E-state index in [1.54, 1.807) is 18.9 Å². The molecule has 1 N–H and O–H groups in total. The maximum absolute atomic E-state index is 11.6. The molecule has 0 atom stereocenters. The van der Waals surface area contributed by atoms with Gasteiger partial charge in [0, 0.05) is 19.5 Å². The highest BCUT2D eigenvalue weighted by molar-refractivity contribution is 5.78. The summed E-state index contributed by atoms with van der Waals surface area (Å²) in [5.41, 5.74) is 0. The van der Waals surface area contributed by atoms with E-state index in [0.717, 1.165) is 0 Å². The molecule has 0 fully saturated rings. The van der Waals surface area contributed by atoms with Crippen LogP contribution in [-0.4, -0.2) is 63.1 Å². The van der Waals surface area contributed by atoms with Crippen LogP contribution in [0.15, 0.2) is 0 Å². The summed E-state index contributed by atoms with van der Waals surface area (Å²) < 4.78 is 9.29. The van der Waals surface area contributed by atoms with Crippen molar-refractivity contribution in [1.29, 1.82) is 0 Å². The summed E-state index contributed by atoms with van der Waals surface area (Å²) in [6.45, 7) is 3.22. The number of carbonyl (C=O) groups excluding carboxylic acids is 3. The molecule has 0 radical (unpaired) electrons. The average Bonchev–Trinajstić information content (AvgIpc) is 2.41. The van der Waals surface area contributed by atoms with E-state index in [-0.39, 0.29) is 30.8 Å². The molecule has 0 bridgehead atoms. The van der Waals surface area contributed by atoms with E-state index in [1.165, 1.54) is 7.11 Å². The number of carbonyl (C=O) groups is 3. The Morgan fingerprint density at radius 3 is 2.45 bits per heavy atom. The van der Waals surface area contributed by atoms with Crippen molar-refractivity contribution in [2.24, 2.45) is 0 Å². The number of hydrogen-bond donors (Lipinski definition) is 1. The van der Waals surface area contributed by atoms with E-state index in [9.17, 15) is 14.4 Å². The molecule has 0 aliphatic carbocycles. The van der Waals surface area contributed by atoms with Gasteiger partial charge in [-0.2, -0.15) is 0 Å². The number of nitrogens with zero attached hydrogens (tertiary/aromatic N) is 1. The quantitative estimate of drug-likeness (QED) is 0.448. The molecule has 7 nitrogen and oxygen atoms in total. The Balaban J connectivity index is 3.62. The number of rotatable bonds is 10. The minimum Gasteiger partial charge on any atom is -0.469 e. The maximum atomic E-state index is 11.6. The maximum Gasteiger partial charge on any atom is 0.306 e. The lowest BCUT2D eigenvalue weighted by atomic mass is 10.3. The number of methoxy groups -OCH3 is 1. The van der Waals surface area contributed by atoms with Crippen molar-refractivity contribution in [3.8, 4) is 0 Å². The fraction of sp³-hybridized carbons (Fsp3) is 0.769. The number of amides is 1. The summed E-state index contributed by atoms with van der Waals surface area (Å²) >= 11 is 0. The normalized spacial score (nSPS) is 10.2. The molecule has 0 aliphatic heterocycles. The zero-order valence-corrected chi connectivity index (χ0v) is 12.4. The first-order valence-corrected chi connectivity index (χ1v) is 6.67. The molecule has 0 rings (SSSR count). The number of likely N-dealkylation sites (N-methyl/N-ethyl adjacent to an activating group) is 1. The van der Waals surface area contributed by atoms with Gasteiger partial charge in [-0.25, -0.2) is 0 Å². The van der Waals surface area contributed by atoms with Crippen LogP contribution >= 0.6 is 0 Å². The van der Waals surface area contributed by atoms with Crippen molar-refractivity contribution in [2.45, 2.75) is 26.2 Å². The molecule has 0 aromatic heterocycles. The lowest BCUT2D eigenvalue weighted by Gasteiger charge is -2.15. The molecule has 0 heterocycles. The predicted octanol–water partition coefficient (Wildman–Crippen LogP) is -0.0592. The van der Waals surface area contributed by atoms with E-state index >= 15 is 0 Å². The summed E-state index contributed by atoms with van der Waals surface area (Å²) in [5.74, 6) is -0.690. The third-order valence-corrected chi connectivity index (χ3v) is 2.52. The van der Waals surface area contributed by atoms with Crippen LogP contribution in [0.4, 0.5) is 0 Å². The molecule has 0 aliphatic rings. The summed E-state index contributed by atoms with van der Waals surface area (Å²) in [4.78, 5) is 35.3. The van der Waals surface area contributed by atoms with Crippen molar-refractivity contribution in [3.63, 3.8) is 0 Å². The van der Waals surface area contributed by atoms with Gasteiger partial charge in [-0.15, -0.1) is 0 Å². The van der Waals surface area contributed by atoms with Crippen LogP contribution in [0.25, 0.3) is 0 Å². The minimum absolute atomic E-state index is 0.138. The molecule has 7 heteroatoms. The Labute approximate surface area is 119 Å². The highest BCUT2D eigenvalue weighted by Gasteiger charge is 2.09. The predicted molar refractivity (Wildman–Crippen MR) is 73.0 cm³/mol. The van der Waals surface area contributed by atoms with Gasteiger partial charge in [0.05, 0.1) is 26.7 Å². The minimum atomic E-state index is -0.299. The largest absolute Gasteiger partial charge is 0.469 e. The van der Waals surface area contributed by atoms with E-state index < -0.39 is 0 Å². The molecule has 0 aromatic carbocycles. The second kappa shape index (κ2) is 11.2. The molecule has 0 saturated heterocycles. The Morgan fingerprint density at radius 2 is 1.85 bits per heavy atom. The highest BCUT2D eigenvalue weighted by Crippen LogP contribution is 1.92. The van der Waals surface area contributed by atoms with E-state index in [0.29, 0.717) is 32.5 Å². The van der Waals surface area contributed by atoms with Gasteiger partial charge in [0.2, 0.25) is 5.91 Å². The van der Waals surface area contributed by atoms with Crippen molar-refractivity contribution in [3.05, 3.63) is 0 Å². The molecule has 0 spiro atoms. The van der Waals surface area contributed by atoms with Crippen LogP contribution in [0.3, 0.4) is 0 Å². The lowest BCUT2D eigenvalue weighted by molar-refractivity contribution is -0.143. The van der Waals surface area contributed by atoms with Gasteiger partial charge >= 0.3 is 11.9 Å². The first-order chi connectivity index (χ1) is 9.49. The second-order valence-corrected chi connectivity index (χ2v) is 4.32. The monoisotopic (exact) mass is 288 g/mol.